The van der Waals surface area contributed by atoms with Crippen LogP contribution in [0.15, 0.2) is 0 Å². The summed E-state index contributed by atoms with van der Waals surface area (Å²) in [6, 6.07) is 0.570. The highest BCUT2D eigenvalue weighted by molar-refractivity contribution is 5.85. The van der Waals surface area contributed by atoms with Crippen LogP contribution >= 0.6 is 12.4 Å². The molecule has 2 saturated heterocycles. The SMILES string of the molecule is COC(=O)C1CCCCN1C1CNC1.Cl. The van der Waals surface area contributed by atoms with Crippen molar-refractivity contribution in [2.75, 3.05) is 26.7 Å². The fraction of sp³-hybridized carbons (Fsp3) is 0.900. The van der Waals surface area contributed by atoms with Crippen LogP contribution in [0.5, 0.6) is 0 Å². The van der Waals surface area contributed by atoms with Gasteiger partial charge in [-0.3, -0.25) is 9.69 Å². The van der Waals surface area contributed by atoms with Gasteiger partial charge in [-0.2, -0.15) is 0 Å². The van der Waals surface area contributed by atoms with Gasteiger partial charge in [-0.1, -0.05) is 6.42 Å². The zero-order valence-corrected chi connectivity index (χ0v) is 9.89. The third kappa shape index (κ3) is 2.62. The van der Waals surface area contributed by atoms with Crippen LogP contribution < -0.4 is 5.32 Å². The molecule has 88 valence electrons. The van der Waals surface area contributed by atoms with Crippen LogP contribution in [0.1, 0.15) is 19.3 Å². The number of esters is 1. The standard InChI is InChI=1S/C10H18N2O2.ClH/c1-14-10(13)9-4-2-3-5-12(9)8-6-11-7-8;/h8-9,11H,2-7H2,1H3;1H. The number of rotatable bonds is 2. The number of piperidine rings is 1. The van der Waals surface area contributed by atoms with Gasteiger partial charge < -0.3 is 10.1 Å². The summed E-state index contributed by atoms with van der Waals surface area (Å²) >= 11 is 0. The number of likely N-dealkylation sites (tertiary alicyclic amines) is 1. The topological polar surface area (TPSA) is 41.6 Å². The number of hydrogen-bond donors (Lipinski definition) is 1. The molecule has 5 heteroatoms. The summed E-state index contributed by atoms with van der Waals surface area (Å²) < 4.78 is 4.84. The van der Waals surface area contributed by atoms with E-state index in [1.165, 1.54) is 13.5 Å². The first-order valence-corrected chi connectivity index (χ1v) is 5.37. The van der Waals surface area contributed by atoms with Crippen molar-refractivity contribution in [2.45, 2.75) is 31.3 Å². The predicted molar refractivity (Wildman–Crippen MR) is 60.3 cm³/mol. The molecule has 2 aliphatic heterocycles. The van der Waals surface area contributed by atoms with Crippen molar-refractivity contribution in [3.05, 3.63) is 0 Å². The third-order valence-corrected chi connectivity index (χ3v) is 3.25. The lowest BCUT2D eigenvalue weighted by molar-refractivity contribution is -0.150. The number of hydrogen-bond acceptors (Lipinski definition) is 4. The second kappa shape index (κ2) is 5.68. The molecule has 0 saturated carbocycles. The van der Waals surface area contributed by atoms with Gasteiger partial charge in [-0.15, -0.1) is 12.4 Å². The number of carbonyl (C=O) groups excluding carboxylic acids is 1. The van der Waals surface area contributed by atoms with E-state index in [9.17, 15) is 4.79 Å². The molecule has 2 fully saturated rings. The number of methoxy groups -OCH3 is 1. The fourth-order valence-electron chi connectivity index (χ4n) is 2.29. The quantitative estimate of drug-likeness (QED) is 0.703. The highest BCUT2D eigenvalue weighted by Gasteiger charge is 2.36. The van der Waals surface area contributed by atoms with Gasteiger partial charge in [0.1, 0.15) is 6.04 Å². The predicted octanol–water partition coefficient (Wildman–Crippen LogP) is 0.407. The van der Waals surface area contributed by atoms with Crippen molar-refractivity contribution < 1.29 is 9.53 Å². The van der Waals surface area contributed by atoms with Gasteiger partial charge in [0, 0.05) is 19.1 Å². The van der Waals surface area contributed by atoms with Crippen LogP contribution in [-0.2, 0) is 9.53 Å². The molecule has 0 aromatic carbocycles. The maximum absolute atomic E-state index is 11.5. The molecule has 0 aromatic rings. The average Bonchev–Trinajstić information content (AvgIpc) is 2.15. The summed E-state index contributed by atoms with van der Waals surface area (Å²) in [4.78, 5) is 13.8. The molecule has 0 aromatic heterocycles. The van der Waals surface area contributed by atoms with Gasteiger partial charge in [0.25, 0.3) is 0 Å². The van der Waals surface area contributed by atoms with E-state index in [1.54, 1.807) is 0 Å². The first-order valence-electron chi connectivity index (χ1n) is 5.37. The van der Waals surface area contributed by atoms with Gasteiger partial charge >= 0.3 is 5.97 Å². The van der Waals surface area contributed by atoms with Crippen LogP contribution in [-0.4, -0.2) is 49.7 Å². The monoisotopic (exact) mass is 234 g/mol. The first-order chi connectivity index (χ1) is 6.83. The number of halogens is 1. The lowest BCUT2D eigenvalue weighted by atomic mass is 9.97. The summed E-state index contributed by atoms with van der Waals surface area (Å²) in [6.07, 6.45) is 3.32. The van der Waals surface area contributed by atoms with E-state index < -0.39 is 0 Å². The van der Waals surface area contributed by atoms with Crippen LogP contribution in [0.3, 0.4) is 0 Å². The van der Waals surface area contributed by atoms with E-state index in [1.807, 2.05) is 0 Å². The molecule has 0 aliphatic carbocycles. The van der Waals surface area contributed by atoms with Crippen molar-refractivity contribution in [3.63, 3.8) is 0 Å². The van der Waals surface area contributed by atoms with E-state index in [2.05, 4.69) is 10.2 Å². The molecule has 4 nitrogen and oxygen atoms in total. The zero-order chi connectivity index (χ0) is 9.97. The molecule has 0 spiro atoms. The molecule has 1 atom stereocenters. The van der Waals surface area contributed by atoms with Crippen LogP contribution in [0, 0.1) is 0 Å². The highest BCUT2D eigenvalue weighted by Crippen LogP contribution is 2.22. The molecule has 1 N–H and O–H groups in total. The van der Waals surface area contributed by atoms with E-state index in [-0.39, 0.29) is 24.4 Å². The lowest BCUT2D eigenvalue weighted by Crippen LogP contribution is -2.62. The minimum Gasteiger partial charge on any atom is -0.468 e. The molecule has 2 rings (SSSR count). The second-order valence-corrected chi connectivity index (χ2v) is 4.08. The largest absolute Gasteiger partial charge is 0.468 e. The summed E-state index contributed by atoms with van der Waals surface area (Å²) in [5.41, 5.74) is 0. The normalized spacial score (nSPS) is 27.7. The van der Waals surface area contributed by atoms with Crippen molar-refractivity contribution in [1.29, 1.82) is 0 Å². The number of nitrogens with zero attached hydrogens (tertiary/aromatic N) is 1. The average molecular weight is 235 g/mol. The summed E-state index contributed by atoms with van der Waals surface area (Å²) in [5.74, 6) is -0.0587. The Labute approximate surface area is 96.7 Å². The minimum atomic E-state index is -0.0587. The highest BCUT2D eigenvalue weighted by atomic mass is 35.5. The Balaban J connectivity index is 0.00000112. The van der Waals surface area contributed by atoms with Crippen molar-refractivity contribution in [1.82, 2.24) is 10.2 Å². The van der Waals surface area contributed by atoms with Crippen molar-refractivity contribution in [2.24, 2.45) is 0 Å². The molecule has 2 aliphatic rings. The maximum Gasteiger partial charge on any atom is 0.323 e. The van der Waals surface area contributed by atoms with Gasteiger partial charge in [-0.05, 0) is 19.4 Å². The second-order valence-electron chi connectivity index (χ2n) is 4.08. The summed E-state index contributed by atoms with van der Waals surface area (Å²) in [6.45, 7) is 3.09. The number of nitrogens with one attached hydrogen (secondary N) is 1. The molecule has 2 heterocycles. The summed E-state index contributed by atoms with van der Waals surface area (Å²) in [7, 11) is 1.48. The molecule has 0 bridgehead atoms. The first kappa shape index (κ1) is 12.7. The molecule has 1 unspecified atom stereocenters. The van der Waals surface area contributed by atoms with E-state index >= 15 is 0 Å². The van der Waals surface area contributed by atoms with Crippen LogP contribution in [0.2, 0.25) is 0 Å². The molecule has 0 radical (unpaired) electrons. The van der Waals surface area contributed by atoms with Crippen molar-refractivity contribution in [3.8, 4) is 0 Å². The third-order valence-electron chi connectivity index (χ3n) is 3.25. The number of carbonyl (C=O) groups is 1. The van der Waals surface area contributed by atoms with Crippen LogP contribution in [0.25, 0.3) is 0 Å². The Kier molecular flexibility index (Phi) is 4.83. The van der Waals surface area contributed by atoms with E-state index in [0.29, 0.717) is 6.04 Å². The van der Waals surface area contributed by atoms with Gasteiger partial charge in [0.05, 0.1) is 7.11 Å². The van der Waals surface area contributed by atoms with Gasteiger partial charge in [0.2, 0.25) is 0 Å². The Morgan fingerprint density at radius 1 is 1.40 bits per heavy atom. The molecular formula is C10H19ClN2O2. The molecule has 0 amide bonds. The zero-order valence-electron chi connectivity index (χ0n) is 9.07. The fourth-order valence-corrected chi connectivity index (χ4v) is 2.29. The van der Waals surface area contributed by atoms with Crippen molar-refractivity contribution >= 4 is 18.4 Å². The van der Waals surface area contributed by atoms with E-state index in [0.717, 1.165) is 32.5 Å². The Bertz CT molecular complexity index is 221. The lowest BCUT2D eigenvalue weighted by Gasteiger charge is -2.44. The maximum atomic E-state index is 11.5. The van der Waals surface area contributed by atoms with E-state index in [4.69, 9.17) is 4.74 Å². The Hall–Kier alpha value is -0.320. The minimum absolute atomic E-state index is 0. The molecular weight excluding hydrogens is 216 g/mol. The summed E-state index contributed by atoms with van der Waals surface area (Å²) in [5, 5.41) is 3.24. The van der Waals surface area contributed by atoms with Gasteiger partial charge in [-0.25, -0.2) is 0 Å². The Morgan fingerprint density at radius 3 is 2.67 bits per heavy atom. The van der Waals surface area contributed by atoms with Gasteiger partial charge in [0.15, 0.2) is 0 Å². The molecule has 15 heavy (non-hydrogen) atoms. The number of ether oxygens (including phenoxy) is 1. The smallest absolute Gasteiger partial charge is 0.323 e. The Morgan fingerprint density at radius 2 is 2.13 bits per heavy atom. The van der Waals surface area contributed by atoms with Crippen LogP contribution in [0.4, 0.5) is 0 Å².